The average molecular weight is 294 g/mol. The Morgan fingerprint density at radius 1 is 1.14 bits per heavy atom. The van der Waals surface area contributed by atoms with E-state index in [9.17, 15) is 4.79 Å². The molecule has 1 N–H and O–H groups in total. The molecule has 4 nitrogen and oxygen atoms in total. The first-order valence-corrected chi connectivity index (χ1v) is 7.17. The first-order chi connectivity index (χ1) is 10.7. The summed E-state index contributed by atoms with van der Waals surface area (Å²) in [4.78, 5) is 11.8. The molecular weight excluding hydrogens is 276 g/mol. The van der Waals surface area contributed by atoms with Gasteiger partial charge in [0.15, 0.2) is 0 Å². The van der Waals surface area contributed by atoms with Gasteiger partial charge in [0.2, 0.25) is 5.91 Å². The number of hydrogen-bond acceptors (Lipinski definition) is 3. The van der Waals surface area contributed by atoms with E-state index in [-0.39, 0.29) is 5.91 Å². The molecule has 0 unspecified atom stereocenters. The van der Waals surface area contributed by atoms with E-state index in [2.05, 4.69) is 5.32 Å². The second-order valence-electron chi connectivity index (χ2n) is 5.00. The zero-order chi connectivity index (χ0) is 15.8. The van der Waals surface area contributed by atoms with Crippen LogP contribution in [0.3, 0.4) is 0 Å². The number of aryl methyl sites for hydroxylation is 1. The maximum Gasteiger partial charge on any atom is 0.224 e. The molecule has 0 atom stereocenters. The lowest BCUT2D eigenvalue weighted by Crippen LogP contribution is -2.12. The van der Waals surface area contributed by atoms with Gasteiger partial charge in [-0.15, -0.1) is 0 Å². The highest BCUT2D eigenvalue weighted by Gasteiger charge is 2.03. The fourth-order valence-electron chi connectivity index (χ4n) is 1.91. The van der Waals surface area contributed by atoms with Gasteiger partial charge in [0, 0.05) is 12.1 Å². The summed E-state index contributed by atoms with van der Waals surface area (Å²) in [7, 11) is 0. The molecule has 0 saturated heterocycles. The molecule has 0 heterocycles. The van der Waals surface area contributed by atoms with Crippen LogP contribution in [0.15, 0.2) is 48.5 Å². The lowest BCUT2D eigenvalue weighted by atomic mass is 10.2. The topological polar surface area (TPSA) is 62.1 Å². The molecule has 0 saturated carbocycles. The number of amides is 1. The van der Waals surface area contributed by atoms with Gasteiger partial charge in [-0.1, -0.05) is 17.7 Å². The van der Waals surface area contributed by atoms with Crippen LogP contribution < -0.4 is 10.1 Å². The number of hydrogen-bond donors (Lipinski definition) is 1. The summed E-state index contributed by atoms with van der Waals surface area (Å²) < 4.78 is 5.58. The number of ether oxygens (including phenoxy) is 1. The van der Waals surface area contributed by atoms with Crippen LogP contribution in [0.5, 0.6) is 5.75 Å². The van der Waals surface area contributed by atoms with E-state index in [4.69, 9.17) is 10.00 Å². The van der Waals surface area contributed by atoms with Gasteiger partial charge < -0.3 is 10.1 Å². The molecule has 0 bridgehead atoms. The summed E-state index contributed by atoms with van der Waals surface area (Å²) in [6.45, 7) is 2.53. The molecule has 0 aliphatic rings. The number of nitrogens with zero attached hydrogens (tertiary/aromatic N) is 1. The number of carbonyl (C=O) groups excluding carboxylic acids is 1. The molecule has 0 aliphatic heterocycles. The first kappa shape index (κ1) is 15.6. The predicted octanol–water partition coefficient (Wildman–Crippen LogP) is 3.66. The molecule has 22 heavy (non-hydrogen) atoms. The van der Waals surface area contributed by atoms with Gasteiger partial charge in [-0.25, -0.2) is 0 Å². The molecule has 0 aliphatic carbocycles. The van der Waals surface area contributed by atoms with Gasteiger partial charge >= 0.3 is 0 Å². The molecule has 1 amide bonds. The maximum absolute atomic E-state index is 11.8. The average Bonchev–Trinajstić information content (AvgIpc) is 2.54. The highest BCUT2D eigenvalue weighted by atomic mass is 16.5. The Hall–Kier alpha value is -2.80. The van der Waals surface area contributed by atoms with Crippen LogP contribution in [-0.2, 0) is 4.79 Å². The number of carbonyl (C=O) groups is 1. The van der Waals surface area contributed by atoms with Crippen molar-refractivity contribution in [1.29, 1.82) is 5.26 Å². The fraction of sp³-hybridized carbons (Fsp3) is 0.222. The van der Waals surface area contributed by atoms with Crippen molar-refractivity contribution in [3.05, 3.63) is 59.7 Å². The Morgan fingerprint density at radius 3 is 2.45 bits per heavy atom. The highest BCUT2D eigenvalue weighted by molar-refractivity contribution is 5.90. The Labute approximate surface area is 130 Å². The molecule has 0 radical (unpaired) electrons. The number of nitrogens with one attached hydrogen (secondary N) is 1. The predicted molar refractivity (Wildman–Crippen MR) is 85.7 cm³/mol. The third-order valence-electron chi connectivity index (χ3n) is 3.14. The SMILES string of the molecule is Cc1ccc(OCCCC(=O)Nc2ccc(C#N)cc2)cc1. The molecule has 2 rings (SSSR count). The number of nitriles is 1. The van der Waals surface area contributed by atoms with Crippen molar-refractivity contribution in [1.82, 2.24) is 0 Å². The second kappa shape index (κ2) is 7.84. The summed E-state index contributed by atoms with van der Waals surface area (Å²) in [5, 5.41) is 11.5. The van der Waals surface area contributed by atoms with Crippen LogP contribution >= 0.6 is 0 Å². The minimum Gasteiger partial charge on any atom is -0.494 e. The quantitative estimate of drug-likeness (QED) is 0.827. The Balaban J connectivity index is 1.69. The van der Waals surface area contributed by atoms with Crippen molar-refractivity contribution in [2.75, 3.05) is 11.9 Å². The van der Waals surface area contributed by atoms with Crippen molar-refractivity contribution < 1.29 is 9.53 Å². The van der Waals surface area contributed by atoms with E-state index in [0.29, 0.717) is 30.7 Å². The lowest BCUT2D eigenvalue weighted by molar-refractivity contribution is -0.116. The largest absolute Gasteiger partial charge is 0.494 e. The van der Waals surface area contributed by atoms with Crippen LogP contribution in [-0.4, -0.2) is 12.5 Å². The van der Waals surface area contributed by atoms with Crippen molar-refractivity contribution in [3.8, 4) is 11.8 Å². The van der Waals surface area contributed by atoms with Gasteiger partial charge in [-0.2, -0.15) is 5.26 Å². The minimum absolute atomic E-state index is 0.0581. The van der Waals surface area contributed by atoms with Gasteiger partial charge in [0.25, 0.3) is 0 Å². The van der Waals surface area contributed by atoms with Crippen LogP contribution in [0.1, 0.15) is 24.0 Å². The van der Waals surface area contributed by atoms with Crippen LogP contribution in [0.2, 0.25) is 0 Å². The van der Waals surface area contributed by atoms with E-state index in [1.165, 1.54) is 5.56 Å². The molecule has 2 aromatic carbocycles. The number of rotatable bonds is 6. The highest BCUT2D eigenvalue weighted by Crippen LogP contribution is 2.12. The molecule has 2 aromatic rings. The molecule has 112 valence electrons. The second-order valence-corrected chi connectivity index (χ2v) is 5.00. The summed E-state index contributed by atoms with van der Waals surface area (Å²) >= 11 is 0. The van der Waals surface area contributed by atoms with E-state index in [1.807, 2.05) is 37.3 Å². The summed E-state index contributed by atoms with van der Waals surface area (Å²) in [5.74, 6) is 0.760. The monoisotopic (exact) mass is 294 g/mol. The van der Waals surface area contributed by atoms with E-state index in [0.717, 1.165) is 5.75 Å². The van der Waals surface area contributed by atoms with E-state index in [1.54, 1.807) is 24.3 Å². The molecule has 0 aromatic heterocycles. The van der Waals surface area contributed by atoms with Crippen molar-refractivity contribution in [2.45, 2.75) is 19.8 Å². The first-order valence-electron chi connectivity index (χ1n) is 7.17. The Kier molecular flexibility index (Phi) is 5.56. The molecule has 0 fully saturated rings. The van der Waals surface area contributed by atoms with Crippen LogP contribution in [0.4, 0.5) is 5.69 Å². The Morgan fingerprint density at radius 2 is 1.82 bits per heavy atom. The summed E-state index contributed by atoms with van der Waals surface area (Å²) in [6, 6.07) is 16.7. The third kappa shape index (κ3) is 4.95. The number of anilines is 1. The van der Waals surface area contributed by atoms with Gasteiger partial charge in [-0.3, -0.25) is 4.79 Å². The summed E-state index contributed by atoms with van der Waals surface area (Å²) in [6.07, 6.45) is 1.04. The zero-order valence-electron chi connectivity index (χ0n) is 12.5. The molecule has 0 spiro atoms. The maximum atomic E-state index is 11.8. The van der Waals surface area contributed by atoms with Gasteiger partial charge in [0.1, 0.15) is 5.75 Å². The van der Waals surface area contributed by atoms with Gasteiger partial charge in [0.05, 0.1) is 18.2 Å². The molecule has 4 heteroatoms. The normalized spacial score (nSPS) is 9.82. The lowest BCUT2D eigenvalue weighted by Gasteiger charge is -2.07. The minimum atomic E-state index is -0.0581. The summed E-state index contributed by atoms with van der Waals surface area (Å²) in [5.41, 5.74) is 2.46. The van der Waals surface area contributed by atoms with Crippen molar-refractivity contribution in [3.63, 3.8) is 0 Å². The zero-order valence-corrected chi connectivity index (χ0v) is 12.5. The molecular formula is C18H18N2O2. The smallest absolute Gasteiger partial charge is 0.224 e. The van der Waals surface area contributed by atoms with Crippen LogP contribution in [0, 0.1) is 18.3 Å². The van der Waals surface area contributed by atoms with Crippen molar-refractivity contribution >= 4 is 11.6 Å². The van der Waals surface area contributed by atoms with Crippen molar-refractivity contribution in [2.24, 2.45) is 0 Å². The van der Waals surface area contributed by atoms with E-state index < -0.39 is 0 Å². The Bertz CT molecular complexity index is 655. The third-order valence-corrected chi connectivity index (χ3v) is 3.14. The van der Waals surface area contributed by atoms with E-state index >= 15 is 0 Å². The van der Waals surface area contributed by atoms with Gasteiger partial charge in [-0.05, 0) is 49.7 Å². The number of benzene rings is 2. The fourth-order valence-corrected chi connectivity index (χ4v) is 1.91. The standard InChI is InChI=1S/C18H18N2O2/c1-14-4-10-17(11-5-14)22-12-2-3-18(21)20-16-8-6-15(13-19)7-9-16/h4-11H,2-3,12H2,1H3,(H,20,21). The van der Waals surface area contributed by atoms with Crippen LogP contribution in [0.25, 0.3) is 0 Å².